The van der Waals surface area contributed by atoms with Crippen LogP contribution in [0, 0.1) is 6.92 Å². The van der Waals surface area contributed by atoms with E-state index in [1.807, 2.05) is 35.9 Å². The number of fused-ring (bicyclic) bond motifs is 1. The molecular weight excluding hydrogens is 380 g/mol. The van der Waals surface area contributed by atoms with E-state index in [4.69, 9.17) is 0 Å². The molecule has 0 spiro atoms. The van der Waals surface area contributed by atoms with Crippen LogP contribution in [0.5, 0.6) is 0 Å². The molecule has 0 amide bonds. The van der Waals surface area contributed by atoms with Gasteiger partial charge in [-0.05, 0) is 43.5 Å². The Morgan fingerprint density at radius 3 is 2.67 bits per heavy atom. The number of nitrogens with zero attached hydrogens (tertiary/aromatic N) is 4. The Balaban J connectivity index is 1.45. The van der Waals surface area contributed by atoms with Crippen molar-refractivity contribution in [3.05, 3.63) is 54.1 Å². The maximum absolute atomic E-state index is 12.7. The largest absolute Gasteiger partial charge is 0.307 e. The SMILES string of the molecule is Cc1cccn2cc(CSc3ccc(S(=O)(=O)N4CCCCC4)cn3)nc12. The van der Waals surface area contributed by atoms with Crippen LogP contribution in [0.3, 0.4) is 0 Å². The highest BCUT2D eigenvalue weighted by Gasteiger charge is 2.26. The van der Waals surface area contributed by atoms with Crippen molar-refractivity contribution in [3.8, 4) is 0 Å². The van der Waals surface area contributed by atoms with E-state index in [-0.39, 0.29) is 4.90 Å². The van der Waals surface area contributed by atoms with Gasteiger partial charge < -0.3 is 4.40 Å². The number of hydrogen-bond acceptors (Lipinski definition) is 5. The average molecular weight is 403 g/mol. The third-order valence-corrected chi connectivity index (χ3v) is 7.62. The summed E-state index contributed by atoms with van der Waals surface area (Å²) >= 11 is 1.55. The van der Waals surface area contributed by atoms with E-state index in [0.29, 0.717) is 18.8 Å². The number of rotatable bonds is 5. The lowest BCUT2D eigenvalue weighted by molar-refractivity contribution is 0.346. The van der Waals surface area contributed by atoms with Gasteiger partial charge in [0, 0.05) is 37.4 Å². The van der Waals surface area contributed by atoms with Crippen LogP contribution in [0.25, 0.3) is 5.65 Å². The molecule has 1 aliphatic heterocycles. The number of sulfonamides is 1. The van der Waals surface area contributed by atoms with Crippen molar-refractivity contribution in [2.75, 3.05) is 13.1 Å². The molecule has 0 N–H and O–H groups in total. The fraction of sp³-hybridized carbons (Fsp3) is 0.368. The first kappa shape index (κ1) is 18.5. The van der Waals surface area contributed by atoms with Crippen molar-refractivity contribution in [1.82, 2.24) is 18.7 Å². The van der Waals surface area contributed by atoms with Crippen molar-refractivity contribution in [1.29, 1.82) is 0 Å². The first-order valence-electron chi connectivity index (χ1n) is 9.06. The molecule has 0 unspecified atom stereocenters. The number of pyridine rings is 2. The van der Waals surface area contributed by atoms with Gasteiger partial charge >= 0.3 is 0 Å². The molecule has 3 aromatic rings. The Morgan fingerprint density at radius 1 is 1.15 bits per heavy atom. The number of aromatic nitrogens is 3. The summed E-state index contributed by atoms with van der Waals surface area (Å²) in [5.74, 6) is 0.687. The van der Waals surface area contributed by atoms with Crippen LogP contribution in [0.1, 0.15) is 30.5 Å². The summed E-state index contributed by atoms with van der Waals surface area (Å²) in [5, 5.41) is 0.793. The third kappa shape index (κ3) is 3.88. The number of aryl methyl sites for hydroxylation is 1. The molecule has 142 valence electrons. The van der Waals surface area contributed by atoms with Crippen molar-refractivity contribution in [3.63, 3.8) is 0 Å². The second-order valence-electron chi connectivity index (χ2n) is 6.74. The Hall–Kier alpha value is -1.90. The highest BCUT2D eigenvalue weighted by Crippen LogP contribution is 2.24. The fourth-order valence-corrected chi connectivity index (χ4v) is 5.47. The fourth-order valence-electron chi connectivity index (χ4n) is 3.28. The lowest BCUT2D eigenvalue weighted by Crippen LogP contribution is -2.35. The molecule has 6 nitrogen and oxygen atoms in total. The zero-order chi connectivity index (χ0) is 18.9. The number of hydrogen-bond donors (Lipinski definition) is 0. The molecule has 27 heavy (non-hydrogen) atoms. The minimum atomic E-state index is -3.42. The van der Waals surface area contributed by atoms with E-state index in [1.54, 1.807) is 28.2 Å². The summed E-state index contributed by atoms with van der Waals surface area (Å²) in [6, 6.07) is 7.49. The summed E-state index contributed by atoms with van der Waals surface area (Å²) in [7, 11) is -3.42. The van der Waals surface area contributed by atoms with Gasteiger partial charge in [-0.25, -0.2) is 18.4 Å². The molecule has 0 radical (unpaired) electrons. The van der Waals surface area contributed by atoms with Crippen LogP contribution >= 0.6 is 11.8 Å². The van der Waals surface area contributed by atoms with E-state index in [0.717, 1.165) is 41.2 Å². The third-order valence-electron chi connectivity index (χ3n) is 4.76. The minimum absolute atomic E-state index is 0.275. The maximum atomic E-state index is 12.7. The molecule has 8 heteroatoms. The van der Waals surface area contributed by atoms with Gasteiger partial charge in [0.05, 0.1) is 10.7 Å². The van der Waals surface area contributed by atoms with Crippen molar-refractivity contribution >= 4 is 27.4 Å². The van der Waals surface area contributed by atoms with Crippen molar-refractivity contribution in [2.24, 2.45) is 0 Å². The Labute approximate surface area is 163 Å². The van der Waals surface area contributed by atoms with Crippen LogP contribution in [0.2, 0.25) is 0 Å². The molecule has 0 bridgehead atoms. The van der Waals surface area contributed by atoms with Crippen LogP contribution in [0.4, 0.5) is 0 Å². The van der Waals surface area contributed by atoms with Gasteiger partial charge in [0.15, 0.2) is 0 Å². The highest BCUT2D eigenvalue weighted by molar-refractivity contribution is 7.98. The monoisotopic (exact) mass is 402 g/mol. The van der Waals surface area contributed by atoms with E-state index in [1.165, 1.54) is 6.20 Å². The topological polar surface area (TPSA) is 67.6 Å². The van der Waals surface area contributed by atoms with Crippen LogP contribution in [0.15, 0.2) is 52.8 Å². The van der Waals surface area contributed by atoms with Gasteiger partial charge in [-0.3, -0.25) is 0 Å². The smallest absolute Gasteiger partial charge is 0.244 e. The average Bonchev–Trinajstić information content (AvgIpc) is 3.12. The van der Waals surface area contributed by atoms with Crippen LogP contribution in [-0.4, -0.2) is 40.2 Å². The first-order chi connectivity index (χ1) is 13.0. The maximum Gasteiger partial charge on any atom is 0.244 e. The Morgan fingerprint density at radius 2 is 1.96 bits per heavy atom. The molecule has 4 heterocycles. The summed E-state index contributed by atoms with van der Waals surface area (Å²) in [5.41, 5.74) is 3.07. The van der Waals surface area contributed by atoms with Crippen molar-refractivity contribution < 1.29 is 8.42 Å². The highest BCUT2D eigenvalue weighted by atomic mass is 32.2. The Kier molecular flexibility index (Phi) is 5.21. The summed E-state index contributed by atoms with van der Waals surface area (Å²) < 4.78 is 28.9. The zero-order valence-electron chi connectivity index (χ0n) is 15.2. The summed E-state index contributed by atoms with van der Waals surface area (Å²) in [4.78, 5) is 9.28. The van der Waals surface area contributed by atoms with Crippen molar-refractivity contribution in [2.45, 2.75) is 41.9 Å². The molecule has 0 aromatic carbocycles. The minimum Gasteiger partial charge on any atom is -0.307 e. The lowest BCUT2D eigenvalue weighted by atomic mass is 10.2. The van der Waals surface area contributed by atoms with Gasteiger partial charge in [0.2, 0.25) is 10.0 Å². The van der Waals surface area contributed by atoms with Gasteiger partial charge in [-0.15, -0.1) is 0 Å². The summed E-state index contributed by atoms with van der Waals surface area (Å²) in [6.45, 7) is 3.25. The van der Waals surface area contributed by atoms with E-state index in [2.05, 4.69) is 9.97 Å². The number of thioether (sulfide) groups is 1. The number of imidazole rings is 1. The van der Waals surface area contributed by atoms with E-state index < -0.39 is 10.0 Å². The number of piperidine rings is 1. The zero-order valence-corrected chi connectivity index (χ0v) is 16.8. The lowest BCUT2D eigenvalue weighted by Gasteiger charge is -2.25. The second kappa shape index (κ2) is 7.61. The van der Waals surface area contributed by atoms with E-state index >= 15 is 0 Å². The molecule has 4 rings (SSSR count). The second-order valence-corrected chi connectivity index (χ2v) is 9.67. The first-order valence-corrected chi connectivity index (χ1v) is 11.5. The molecule has 1 fully saturated rings. The van der Waals surface area contributed by atoms with Crippen LogP contribution < -0.4 is 0 Å². The standard InChI is InChI=1S/C19H22N4O2S2/c1-15-6-5-9-22-13-16(21-19(15)22)14-26-18-8-7-17(12-20-18)27(24,25)23-10-3-2-4-11-23/h5-9,12-13H,2-4,10-11,14H2,1H3. The quantitative estimate of drug-likeness (QED) is 0.611. The van der Waals surface area contributed by atoms with Gasteiger partial charge in [0.1, 0.15) is 10.5 Å². The molecule has 0 atom stereocenters. The summed E-state index contributed by atoms with van der Waals surface area (Å²) in [6.07, 6.45) is 8.44. The molecule has 0 aliphatic carbocycles. The predicted octanol–water partition coefficient (Wildman–Crippen LogP) is 3.50. The van der Waals surface area contributed by atoms with E-state index in [9.17, 15) is 8.42 Å². The normalized spacial score (nSPS) is 16.0. The van der Waals surface area contributed by atoms with Crippen LogP contribution in [-0.2, 0) is 15.8 Å². The Bertz CT molecular complexity index is 1040. The molecule has 1 saturated heterocycles. The predicted molar refractivity (Wildman–Crippen MR) is 106 cm³/mol. The van der Waals surface area contributed by atoms with Gasteiger partial charge in [-0.2, -0.15) is 4.31 Å². The van der Waals surface area contributed by atoms with Gasteiger partial charge in [0.25, 0.3) is 0 Å². The molecular formula is C19H22N4O2S2. The molecule has 0 saturated carbocycles. The molecule has 1 aliphatic rings. The van der Waals surface area contributed by atoms with Gasteiger partial charge in [-0.1, -0.05) is 24.2 Å². The molecule has 3 aromatic heterocycles.